The number of hydrogen-bond donors (Lipinski definition) is 3. The molecule has 368 valence electrons. The van der Waals surface area contributed by atoms with Crippen molar-refractivity contribution in [2.45, 2.75) is 296 Å². The number of ether oxygens (including phenoxy) is 1. The molecule has 63 heavy (non-hydrogen) atoms. The van der Waals surface area contributed by atoms with Crippen LogP contribution in [-0.2, 0) is 14.3 Å². The summed E-state index contributed by atoms with van der Waals surface area (Å²) in [6, 6.07) is -0.706. The minimum atomic E-state index is -0.792. The first-order valence-corrected chi connectivity index (χ1v) is 27.4. The molecule has 0 aliphatic carbocycles. The van der Waals surface area contributed by atoms with E-state index in [0.717, 1.165) is 77.0 Å². The zero-order valence-electron chi connectivity index (χ0n) is 42.0. The van der Waals surface area contributed by atoms with E-state index in [-0.39, 0.29) is 24.9 Å². The number of unbranched alkanes of at least 4 members (excludes halogenated alkanes) is 31. The average molecular weight is 884 g/mol. The summed E-state index contributed by atoms with van der Waals surface area (Å²) in [6.07, 6.45) is 61.7. The largest absolute Gasteiger partial charge is 0.462 e. The average Bonchev–Trinajstić information content (AvgIpc) is 3.28. The van der Waals surface area contributed by atoms with E-state index in [1.807, 2.05) is 0 Å². The molecule has 0 aromatic rings. The van der Waals surface area contributed by atoms with E-state index in [0.29, 0.717) is 19.3 Å². The molecule has 6 heteroatoms. The normalized spacial score (nSPS) is 13.5. The lowest BCUT2D eigenvalue weighted by Gasteiger charge is -2.24. The molecule has 0 aliphatic heterocycles. The van der Waals surface area contributed by atoms with Crippen molar-refractivity contribution in [1.29, 1.82) is 0 Å². The fourth-order valence-corrected chi connectivity index (χ4v) is 8.31. The molecule has 3 atom stereocenters. The van der Waals surface area contributed by atoms with Gasteiger partial charge in [-0.3, -0.25) is 9.59 Å². The third-order valence-electron chi connectivity index (χ3n) is 12.5. The Kier molecular flexibility index (Phi) is 49.1. The molecule has 0 radical (unpaired) electrons. The van der Waals surface area contributed by atoms with E-state index in [1.165, 1.54) is 154 Å². The van der Waals surface area contributed by atoms with Gasteiger partial charge < -0.3 is 20.3 Å². The van der Waals surface area contributed by atoms with E-state index in [1.54, 1.807) is 0 Å². The molecule has 0 saturated heterocycles. The third-order valence-corrected chi connectivity index (χ3v) is 12.5. The molecule has 3 unspecified atom stereocenters. The van der Waals surface area contributed by atoms with E-state index in [9.17, 15) is 19.8 Å². The Morgan fingerprint density at radius 2 is 0.873 bits per heavy atom. The smallest absolute Gasteiger partial charge is 0.306 e. The SMILES string of the molecule is CC/C=C/C=C/C=C/CCCCCCCCCC(=O)OC(CCCCCCC/C=C\CCCCCC)CC(=O)NC(CO)C(O)CCCCCCCCCCCCCCCCCC. The van der Waals surface area contributed by atoms with Crippen LogP contribution in [0.2, 0.25) is 0 Å². The summed E-state index contributed by atoms with van der Waals surface area (Å²) >= 11 is 0. The van der Waals surface area contributed by atoms with Crippen LogP contribution >= 0.6 is 0 Å². The van der Waals surface area contributed by atoms with Crippen molar-refractivity contribution in [1.82, 2.24) is 5.32 Å². The highest BCUT2D eigenvalue weighted by Crippen LogP contribution is 2.18. The Morgan fingerprint density at radius 1 is 0.476 bits per heavy atom. The van der Waals surface area contributed by atoms with E-state index in [2.05, 4.69) is 74.7 Å². The topological polar surface area (TPSA) is 95.9 Å². The van der Waals surface area contributed by atoms with Gasteiger partial charge in [0.05, 0.1) is 25.2 Å². The summed E-state index contributed by atoms with van der Waals surface area (Å²) in [5.41, 5.74) is 0. The number of hydrogen-bond acceptors (Lipinski definition) is 5. The predicted octanol–water partition coefficient (Wildman–Crippen LogP) is 16.6. The number of allylic oxidation sites excluding steroid dienone is 8. The van der Waals surface area contributed by atoms with Crippen molar-refractivity contribution in [3.05, 3.63) is 48.6 Å². The summed E-state index contributed by atoms with van der Waals surface area (Å²) in [6.45, 7) is 6.36. The zero-order chi connectivity index (χ0) is 45.9. The molecule has 0 bridgehead atoms. The lowest BCUT2D eigenvalue weighted by molar-refractivity contribution is -0.151. The van der Waals surface area contributed by atoms with Crippen LogP contribution < -0.4 is 5.32 Å². The van der Waals surface area contributed by atoms with Crippen molar-refractivity contribution in [2.75, 3.05) is 6.61 Å². The van der Waals surface area contributed by atoms with E-state index in [4.69, 9.17) is 4.74 Å². The van der Waals surface area contributed by atoms with Crippen LogP contribution in [0.3, 0.4) is 0 Å². The molecule has 3 N–H and O–H groups in total. The summed E-state index contributed by atoms with van der Waals surface area (Å²) in [5.74, 6) is -0.488. The van der Waals surface area contributed by atoms with Crippen molar-refractivity contribution in [2.24, 2.45) is 0 Å². The minimum Gasteiger partial charge on any atom is -0.462 e. The van der Waals surface area contributed by atoms with Crippen LogP contribution in [0.25, 0.3) is 0 Å². The molecule has 6 nitrogen and oxygen atoms in total. The van der Waals surface area contributed by atoms with E-state index >= 15 is 0 Å². The Bertz CT molecular complexity index is 1080. The maximum absolute atomic E-state index is 13.2. The van der Waals surface area contributed by atoms with Crippen molar-refractivity contribution in [3.8, 4) is 0 Å². The summed E-state index contributed by atoms with van der Waals surface area (Å²) in [4.78, 5) is 26.2. The van der Waals surface area contributed by atoms with Gasteiger partial charge in [0.2, 0.25) is 5.91 Å². The number of rotatable bonds is 49. The second-order valence-electron chi connectivity index (χ2n) is 18.7. The molecule has 0 aliphatic rings. The second kappa shape index (κ2) is 50.8. The third kappa shape index (κ3) is 46.2. The zero-order valence-corrected chi connectivity index (χ0v) is 42.0. The number of aliphatic hydroxyl groups excluding tert-OH is 2. The second-order valence-corrected chi connectivity index (χ2v) is 18.7. The van der Waals surface area contributed by atoms with Crippen molar-refractivity contribution in [3.63, 3.8) is 0 Å². The summed E-state index contributed by atoms with van der Waals surface area (Å²) in [5, 5.41) is 23.8. The molecule has 0 saturated carbocycles. The first-order valence-electron chi connectivity index (χ1n) is 27.4. The van der Waals surface area contributed by atoms with E-state index < -0.39 is 18.2 Å². The van der Waals surface area contributed by atoms with Crippen LogP contribution in [0.5, 0.6) is 0 Å². The predicted molar refractivity (Wildman–Crippen MR) is 273 cm³/mol. The number of amides is 1. The maximum Gasteiger partial charge on any atom is 0.306 e. The monoisotopic (exact) mass is 884 g/mol. The number of carbonyl (C=O) groups excluding carboxylic acids is 2. The molecule has 0 aromatic carbocycles. The van der Waals surface area contributed by atoms with Crippen LogP contribution in [0, 0.1) is 0 Å². The molecule has 0 aromatic heterocycles. The molecule has 0 spiro atoms. The highest BCUT2D eigenvalue weighted by atomic mass is 16.5. The van der Waals surface area contributed by atoms with Crippen LogP contribution in [0.1, 0.15) is 278 Å². The number of aliphatic hydroxyl groups is 2. The van der Waals surface area contributed by atoms with Gasteiger partial charge in [-0.2, -0.15) is 0 Å². The van der Waals surface area contributed by atoms with Gasteiger partial charge in [0, 0.05) is 6.42 Å². The van der Waals surface area contributed by atoms with Gasteiger partial charge in [-0.05, 0) is 70.6 Å². The van der Waals surface area contributed by atoms with Gasteiger partial charge in [0.25, 0.3) is 0 Å². The first-order chi connectivity index (χ1) is 31.0. The minimum absolute atomic E-state index is 0.0679. The lowest BCUT2D eigenvalue weighted by Crippen LogP contribution is -2.46. The lowest BCUT2D eigenvalue weighted by atomic mass is 10.0. The Balaban J connectivity index is 4.54. The maximum atomic E-state index is 13.2. The number of carbonyl (C=O) groups is 2. The quantitative estimate of drug-likeness (QED) is 0.0245. The van der Waals surface area contributed by atoms with Crippen molar-refractivity contribution >= 4 is 11.9 Å². The molecule has 1 amide bonds. The van der Waals surface area contributed by atoms with Gasteiger partial charge in [0.1, 0.15) is 6.10 Å². The fraction of sp³-hybridized carbons (Fsp3) is 0.825. The van der Waals surface area contributed by atoms with Gasteiger partial charge >= 0.3 is 5.97 Å². The highest BCUT2D eigenvalue weighted by molar-refractivity contribution is 5.77. The van der Waals surface area contributed by atoms with Crippen LogP contribution in [-0.4, -0.2) is 46.9 Å². The molecule has 0 rings (SSSR count). The highest BCUT2D eigenvalue weighted by Gasteiger charge is 2.24. The first kappa shape index (κ1) is 60.8. The Labute approximate surface area is 391 Å². The Morgan fingerprint density at radius 3 is 1.35 bits per heavy atom. The van der Waals surface area contributed by atoms with Gasteiger partial charge in [-0.1, -0.05) is 243 Å². The standard InChI is InChI=1S/C57H105NO5/c1-4-7-10-13-16-19-22-25-27-29-31-34-37-40-43-46-49-55(60)54(52-59)58-56(61)51-53(48-45-42-39-36-33-30-24-21-18-15-12-9-6-3)63-57(62)50-47-44-41-38-35-32-28-26-23-20-17-14-11-8-5-2/h8,11,14,17,20-21,23-24,53-55,59-60H,4-7,9-10,12-13,15-16,18-19,22,25-52H2,1-3H3,(H,58,61)/b11-8+,17-14+,23-20+,24-21-. The molecular weight excluding hydrogens is 779 g/mol. The fourth-order valence-electron chi connectivity index (χ4n) is 8.31. The number of nitrogens with one attached hydrogen (secondary N) is 1. The Hall–Kier alpha value is -2.18. The summed E-state index contributed by atoms with van der Waals surface area (Å²) in [7, 11) is 0. The molecular formula is C57H105NO5. The van der Waals surface area contributed by atoms with Crippen LogP contribution in [0.4, 0.5) is 0 Å². The van der Waals surface area contributed by atoms with Gasteiger partial charge in [-0.25, -0.2) is 0 Å². The number of esters is 1. The van der Waals surface area contributed by atoms with Crippen molar-refractivity contribution < 1.29 is 24.5 Å². The molecule has 0 heterocycles. The summed E-state index contributed by atoms with van der Waals surface area (Å²) < 4.78 is 5.94. The van der Waals surface area contributed by atoms with Gasteiger partial charge in [-0.15, -0.1) is 0 Å². The molecule has 0 fully saturated rings. The van der Waals surface area contributed by atoms with Crippen LogP contribution in [0.15, 0.2) is 48.6 Å². The van der Waals surface area contributed by atoms with Gasteiger partial charge in [0.15, 0.2) is 0 Å².